The molecule has 1 aliphatic heterocycles. The maximum absolute atomic E-state index is 11.5. The lowest BCUT2D eigenvalue weighted by atomic mass is 10.1. The quantitative estimate of drug-likeness (QED) is 0.507. The standard InChI is InChI=1S/C20H17N5OS/c1-12-8-18(26)24-25(12)15-4-2-14(3-5-15)21-9-13-10-22-16-6-7-17-20(19(13)16)27-11-23-17/h2-9,11,21-22H,10H2,1H3,(H,24,26)/b13-9+. The van der Waals surface area contributed by atoms with Crippen LogP contribution in [0.4, 0.5) is 11.4 Å². The normalized spacial score (nSPS) is 14.5. The molecule has 0 unspecified atom stereocenters. The molecule has 0 spiro atoms. The zero-order valence-electron chi connectivity index (χ0n) is 14.6. The fraction of sp³-hybridized carbons (Fsp3) is 0.100. The number of nitrogens with one attached hydrogen (secondary N) is 3. The van der Waals surface area contributed by atoms with E-state index in [0.29, 0.717) is 0 Å². The summed E-state index contributed by atoms with van der Waals surface area (Å²) < 4.78 is 3.00. The molecule has 0 radical (unpaired) electrons. The molecule has 0 saturated heterocycles. The first-order chi connectivity index (χ1) is 13.2. The van der Waals surface area contributed by atoms with Crippen molar-refractivity contribution in [3.8, 4) is 5.69 Å². The van der Waals surface area contributed by atoms with Crippen molar-refractivity contribution in [2.75, 3.05) is 17.2 Å². The Hall–Kier alpha value is -3.32. The predicted molar refractivity (Wildman–Crippen MR) is 111 cm³/mol. The van der Waals surface area contributed by atoms with E-state index in [4.69, 9.17) is 0 Å². The van der Waals surface area contributed by atoms with Crippen molar-refractivity contribution >= 4 is 38.5 Å². The Morgan fingerprint density at radius 3 is 2.85 bits per heavy atom. The lowest BCUT2D eigenvalue weighted by molar-refractivity contribution is 0.834. The van der Waals surface area contributed by atoms with Gasteiger partial charge in [0.15, 0.2) is 0 Å². The molecule has 1 aliphatic rings. The monoisotopic (exact) mass is 375 g/mol. The largest absolute Gasteiger partial charge is 0.380 e. The molecule has 0 atom stereocenters. The van der Waals surface area contributed by atoms with Crippen LogP contribution in [0.25, 0.3) is 21.5 Å². The zero-order chi connectivity index (χ0) is 18.4. The molecule has 5 rings (SSSR count). The minimum Gasteiger partial charge on any atom is -0.380 e. The maximum atomic E-state index is 11.5. The second-order valence-electron chi connectivity index (χ2n) is 6.50. The van der Waals surface area contributed by atoms with Gasteiger partial charge in [-0.05, 0) is 48.9 Å². The number of hydrogen-bond donors (Lipinski definition) is 3. The summed E-state index contributed by atoms with van der Waals surface area (Å²) in [7, 11) is 0. The number of aromatic amines is 1. The second-order valence-corrected chi connectivity index (χ2v) is 7.36. The summed E-state index contributed by atoms with van der Waals surface area (Å²) >= 11 is 1.67. The zero-order valence-corrected chi connectivity index (χ0v) is 15.4. The number of thiazole rings is 1. The first-order valence-electron chi connectivity index (χ1n) is 8.64. The molecule has 6 nitrogen and oxygen atoms in total. The molecular formula is C20H17N5OS. The third kappa shape index (κ3) is 2.72. The van der Waals surface area contributed by atoms with Crippen molar-refractivity contribution in [2.24, 2.45) is 0 Å². The van der Waals surface area contributed by atoms with E-state index >= 15 is 0 Å². The van der Waals surface area contributed by atoms with Gasteiger partial charge in [0.2, 0.25) is 0 Å². The van der Waals surface area contributed by atoms with Crippen molar-refractivity contribution in [2.45, 2.75) is 6.92 Å². The van der Waals surface area contributed by atoms with Gasteiger partial charge in [-0.25, -0.2) is 4.98 Å². The van der Waals surface area contributed by atoms with Gasteiger partial charge in [-0.15, -0.1) is 11.3 Å². The average molecular weight is 375 g/mol. The molecule has 0 saturated carbocycles. The molecule has 0 aliphatic carbocycles. The molecule has 134 valence electrons. The Balaban J connectivity index is 1.42. The van der Waals surface area contributed by atoms with Crippen LogP contribution < -0.4 is 16.2 Å². The molecule has 0 fully saturated rings. The fourth-order valence-corrected chi connectivity index (χ4v) is 4.30. The summed E-state index contributed by atoms with van der Waals surface area (Å²) in [5.41, 5.74) is 9.23. The summed E-state index contributed by atoms with van der Waals surface area (Å²) in [6, 6.07) is 13.7. The van der Waals surface area contributed by atoms with Crippen molar-refractivity contribution in [1.29, 1.82) is 0 Å². The predicted octanol–water partition coefficient (Wildman–Crippen LogP) is 3.96. The third-order valence-corrected chi connectivity index (χ3v) is 5.60. The number of aromatic nitrogens is 3. The Morgan fingerprint density at radius 2 is 2.07 bits per heavy atom. The SMILES string of the molecule is Cc1cc(=O)[nH]n1-c1ccc(N/C=C2\CNc3ccc4ncsc4c32)cc1. The van der Waals surface area contributed by atoms with E-state index in [2.05, 4.69) is 39.0 Å². The maximum Gasteiger partial charge on any atom is 0.264 e. The van der Waals surface area contributed by atoms with Gasteiger partial charge in [0.1, 0.15) is 0 Å². The molecule has 4 aromatic rings. The van der Waals surface area contributed by atoms with E-state index < -0.39 is 0 Å². The number of H-pyrrole nitrogens is 1. The molecule has 3 heterocycles. The van der Waals surface area contributed by atoms with Gasteiger partial charge < -0.3 is 10.6 Å². The number of anilines is 2. The van der Waals surface area contributed by atoms with Gasteiger partial charge in [-0.2, -0.15) is 0 Å². The van der Waals surface area contributed by atoms with Crippen molar-refractivity contribution in [3.05, 3.63) is 75.8 Å². The Kier molecular flexibility index (Phi) is 3.61. The fourth-order valence-electron chi connectivity index (χ4n) is 3.43. The number of benzene rings is 2. The minimum absolute atomic E-state index is 0.0961. The van der Waals surface area contributed by atoms with Crippen molar-refractivity contribution in [1.82, 2.24) is 14.8 Å². The van der Waals surface area contributed by atoms with Gasteiger partial charge in [-0.1, -0.05) is 0 Å². The molecule has 0 bridgehead atoms. The van der Waals surface area contributed by atoms with Gasteiger partial charge in [0, 0.05) is 41.4 Å². The van der Waals surface area contributed by atoms with Gasteiger partial charge in [0.25, 0.3) is 5.56 Å². The van der Waals surface area contributed by atoms with E-state index in [-0.39, 0.29) is 5.56 Å². The molecule has 2 aromatic heterocycles. The number of nitrogens with zero attached hydrogens (tertiary/aromatic N) is 2. The minimum atomic E-state index is -0.0961. The number of aryl methyl sites for hydroxylation is 1. The highest BCUT2D eigenvalue weighted by Gasteiger charge is 2.19. The first kappa shape index (κ1) is 15.9. The Labute approximate surface area is 159 Å². The van der Waals surface area contributed by atoms with Crippen molar-refractivity contribution in [3.63, 3.8) is 0 Å². The molecular weight excluding hydrogens is 358 g/mol. The number of rotatable bonds is 3. The molecule has 2 aromatic carbocycles. The van der Waals surface area contributed by atoms with E-state index in [1.807, 2.05) is 36.7 Å². The topological polar surface area (TPSA) is 74.7 Å². The van der Waals surface area contributed by atoms with Crippen LogP contribution in [0.1, 0.15) is 11.3 Å². The van der Waals surface area contributed by atoms with Crippen LogP contribution in [0.3, 0.4) is 0 Å². The molecule has 7 heteroatoms. The first-order valence-corrected chi connectivity index (χ1v) is 9.52. The van der Waals surface area contributed by atoms with Crippen LogP contribution >= 0.6 is 11.3 Å². The second kappa shape index (κ2) is 6.14. The third-order valence-electron chi connectivity index (χ3n) is 4.74. The van der Waals surface area contributed by atoms with Crippen molar-refractivity contribution < 1.29 is 0 Å². The average Bonchev–Trinajstić information content (AvgIpc) is 3.38. The highest BCUT2D eigenvalue weighted by molar-refractivity contribution is 7.17. The van der Waals surface area contributed by atoms with E-state index in [1.165, 1.54) is 15.8 Å². The van der Waals surface area contributed by atoms with E-state index in [0.717, 1.165) is 34.8 Å². The van der Waals surface area contributed by atoms with Crippen LogP contribution in [0.15, 0.2) is 59.0 Å². The van der Waals surface area contributed by atoms with Crippen LogP contribution in [-0.2, 0) is 0 Å². The Morgan fingerprint density at radius 1 is 1.22 bits per heavy atom. The van der Waals surface area contributed by atoms with Crippen LogP contribution in [0.2, 0.25) is 0 Å². The Bertz CT molecular complexity index is 1230. The molecule has 3 N–H and O–H groups in total. The van der Waals surface area contributed by atoms with Gasteiger partial charge >= 0.3 is 0 Å². The summed E-state index contributed by atoms with van der Waals surface area (Å²) in [6.07, 6.45) is 2.05. The van der Waals surface area contributed by atoms with Gasteiger partial charge in [0.05, 0.1) is 21.4 Å². The summed E-state index contributed by atoms with van der Waals surface area (Å²) in [5, 5.41) is 9.62. The van der Waals surface area contributed by atoms with E-state index in [9.17, 15) is 4.79 Å². The van der Waals surface area contributed by atoms with E-state index in [1.54, 1.807) is 22.1 Å². The van der Waals surface area contributed by atoms with Crippen LogP contribution in [-0.4, -0.2) is 21.3 Å². The summed E-state index contributed by atoms with van der Waals surface area (Å²) in [6.45, 7) is 2.69. The number of hydrogen-bond acceptors (Lipinski definition) is 5. The highest BCUT2D eigenvalue weighted by atomic mass is 32.1. The lowest BCUT2D eigenvalue weighted by Crippen LogP contribution is -2.04. The number of fused-ring (bicyclic) bond motifs is 3. The molecule has 0 amide bonds. The smallest absolute Gasteiger partial charge is 0.264 e. The lowest BCUT2D eigenvalue weighted by Gasteiger charge is -2.08. The van der Waals surface area contributed by atoms with Crippen LogP contribution in [0.5, 0.6) is 0 Å². The summed E-state index contributed by atoms with van der Waals surface area (Å²) in [4.78, 5) is 15.9. The molecule has 27 heavy (non-hydrogen) atoms. The highest BCUT2D eigenvalue weighted by Crippen LogP contribution is 2.38. The van der Waals surface area contributed by atoms with Crippen LogP contribution in [0, 0.1) is 6.92 Å². The van der Waals surface area contributed by atoms with Gasteiger partial charge in [-0.3, -0.25) is 14.6 Å². The summed E-state index contributed by atoms with van der Waals surface area (Å²) in [5.74, 6) is 0.